The van der Waals surface area contributed by atoms with Crippen LogP contribution < -0.4 is 0 Å². The fraction of sp³-hybridized carbons (Fsp3) is 0.588. The second-order valence-corrected chi connectivity index (χ2v) is 5.83. The van der Waals surface area contributed by atoms with Crippen molar-refractivity contribution in [2.24, 2.45) is 5.92 Å². The largest absolute Gasteiger partial charge is 0.466 e. The van der Waals surface area contributed by atoms with Crippen LogP contribution in [-0.4, -0.2) is 12.6 Å². The molecule has 0 heterocycles. The van der Waals surface area contributed by atoms with Crippen molar-refractivity contribution in [2.75, 3.05) is 6.61 Å². The number of halogens is 3. The second-order valence-electron chi connectivity index (χ2n) is 5.83. The van der Waals surface area contributed by atoms with E-state index >= 15 is 0 Å². The number of esters is 1. The number of rotatable bonds is 5. The zero-order valence-electron chi connectivity index (χ0n) is 12.7. The standard InChI is InChI=1S/C17H21F3O2/c1-2-22-15(21)10-5-11-3-6-12(7-4-11)13-8-9-14(18)17(20)16(13)19/h8-9,11-12H,2-7,10H2,1H3. The summed E-state index contributed by atoms with van der Waals surface area (Å²) >= 11 is 0. The molecule has 1 aliphatic rings. The molecule has 1 saturated carbocycles. The molecule has 0 amide bonds. The lowest BCUT2D eigenvalue weighted by Crippen LogP contribution is -2.16. The van der Waals surface area contributed by atoms with Crippen LogP contribution in [0.5, 0.6) is 0 Å². The Morgan fingerprint density at radius 1 is 1.14 bits per heavy atom. The maximum Gasteiger partial charge on any atom is 0.305 e. The summed E-state index contributed by atoms with van der Waals surface area (Å²) in [6.07, 6.45) is 4.37. The molecule has 122 valence electrons. The van der Waals surface area contributed by atoms with E-state index in [-0.39, 0.29) is 17.5 Å². The number of ether oxygens (including phenoxy) is 1. The first-order chi connectivity index (χ1) is 10.5. The van der Waals surface area contributed by atoms with Crippen molar-refractivity contribution < 1.29 is 22.7 Å². The molecule has 1 aliphatic carbocycles. The van der Waals surface area contributed by atoms with Crippen LogP contribution in [0.4, 0.5) is 13.2 Å². The lowest BCUT2D eigenvalue weighted by atomic mass is 9.77. The molecule has 1 aromatic rings. The van der Waals surface area contributed by atoms with Crippen molar-refractivity contribution in [3.05, 3.63) is 35.1 Å². The van der Waals surface area contributed by atoms with Crippen LogP contribution in [0.15, 0.2) is 12.1 Å². The Morgan fingerprint density at radius 3 is 2.45 bits per heavy atom. The highest BCUT2D eigenvalue weighted by Gasteiger charge is 2.26. The third kappa shape index (κ3) is 4.02. The summed E-state index contributed by atoms with van der Waals surface area (Å²) in [4.78, 5) is 11.3. The number of hydrogen-bond acceptors (Lipinski definition) is 2. The van der Waals surface area contributed by atoms with Gasteiger partial charge in [0.25, 0.3) is 0 Å². The van der Waals surface area contributed by atoms with Crippen LogP contribution in [0.3, 0.4) is 0 Å². The molecule has 0 aliphatic heterocycles. The van der Waals surface area contributed by atoms with E-state index in [1.54, 1.807) is 6.92 Å². The van der Waals surface area contributed by atoms with Crippen LogP contribution >= 0.6 is 0 Å². The highest BCUT2D eigenvalue weighted by atomic mass is 19.2. The van der Waals surface area contributed by atoms with Gasteiger partial charge in [0.15, 0.2) is 17.5 Å². The smallest absolute Gasteiger partial charge is 0.305 e. The van der Waals surface area contributed by atoms with Crippen LogP contribution in [0.1, 0.15) is 56.9 Å². The minimum Gasteiger partial charge on any atom is -0.466 e. The number of carbonyl (C=O) groups excluding carboxylic acids is 1. The number of benzene rings is 1. The fourth-order valence-corrected chi connectivity index (χ4v) is 3.17. The Bertz CT molecular complexity index is 523. The molecule has 0 aromatic heterocycles. The maximum atomic E-state index is 13.8. The van der Waals surface area contributed by atoms with E-state index in [0.29, 0.717) is 18.9 Å². The molecule has 0 atom stereocenters. The first-order valence-electron chi connectivity index (χ1n) is 7.82. The summed E-state index contributed by atoms with van der Waals surface area (Å²) in [5, 5.41) is 0. The molecule has 1 fully saturated rings. The molecule has 0 radical (unpaired) electrons. The maximum absolute atomic E-state index is 13.8. The van der Waals surface area contributed by atoms with Gasteiger partial charge in [-0.25, -0.2) is 13.2 Å². The molecular weight excluding hydrogens is 293 g/mol. The summed E-state index contributed by atoms with van der Waals surface area (Å²) in [6, 6.07) is 2.33. The Balaban J connectivity index is 1.87. The molecule has 0 unspecified atom stereocenters. The van der Waals surface area contributed by atoms with E-state index in [9.17, 15) is 18.0 Å². The summed E-state index contributed by atoms with van der Waals surface area (Å²) in [7, 11) is 0. The van der Waals surface area contributed by atoms with Gasteiger partial charge in [0, 0.05) is 6.42 Å². The SMILES string of the molecule is CCOC(=O)CCC1CCC(c2ccc(F)c(F)c2F)CC1. The van der Waals surface area contributed by atoms with E-state index in [2.05, 4.69) is 0 Å². The van der Waals surface area contributed by atoms with Crippen LogP contribution in [0.25, 0.3) is 0 Å². The Hall–Kier alpha value is -1.52. The minimum atomic E-state index is -1.39. The van der Waals surface area contributed by atoms with Crippen molar-refractivity contribution in [3.63, 3.8) is 0 Å². The van der Waals surface area contributed by atoms with Crippen molar-refractivity contribution in [1.82, 2.24) is 0 Å². The van der Waals surface area contributed by atoms with Gasteiger partial charge in [-0.05, 0) is 62.5 Å². The minimum absolute atomic E-state index is 0.0751. The Morgan fingerprint density at radius 2 is 1.82 bits per heavy atom. The zero-order valence-corrected chi connectivity index (χ0v) is 12.7. The molecule has 5 heteroatoms. The van der Waals surface area contributed by atoms with Crippen LogP contribution in [0, 0.1) is 23.4 Å². The average Bonchev–Trinajstić information content (AvgIpc) is 2.52. The van der Waals surface area contributed by atoms with Gasteiger partial charge in [0.05, 0.1) is 6.61 Å². The van der Waals surface area contributed by atoms with Crippen molar-refractivity contribution in [3.8, 4) is 0 Å². The monoisotopic (exact) mass is 314 g/mol. The quantitative estimate of drug-likeness (QED) is 0.580. The van der Waals surface area contributed by atoms with E-state index < -0.39 is 17.5 Å². The Labute approximate surface area is 128 Å². The van der Waals surface area contributed by atoms with Gasteiger partial charge in [-0.2, -0.15) is 0 Å². The highest BCUT2D eigenvalue weighted by Crippen LogP contribution is 2.39. The van der Waals surface area contributed by atoms with Crippen LogP contribution in [-0.2, 0) is 9.53 Å². The first kappa shape index (κ1) is 16.8. The van der Waals surface area contributed by atoms with E-state index in [4.69, 9.17) is 4.74 Å². The molecule has 1 aromatic carbocycles. The second kappa shape index (κ2) is 7.65. The highest BCUT2D eigenvalue weighted by molar-refractivity contribution is 5.69. The van der Waals surface area contributed by atoms with Gasteiger partial charge in [0.2, 0.25) is 0 Å². The summed E-state index contributed by atoms with van der Waals surface area (Å²) < 4.78 is 45.0. The van der Waals surface area contributed by atoms with E-state index in [1.165, 1.54) is 6.07 Å². The predicted octanol–water partition coefficient (Wildman–Crippen LogP) is 4.72. The van der Waals surface area contributed by atoms with Gasteiger partial charge in [-0.1, -0.05) is 6.07 Å². The molecule has 0 spiro atoms. The lowest BCUT2D eigenvalue weighted by molar-refractivity contribution is -0.143. The zero-order chi connectivity index (χ0) is 16.1. The summed E-state index contributed by atoms with van der Waals surface area (Å²) in [5.41, 5.74) is 0.266. The number of carbonyl (C=O) groups is 1. The molecular formula is C17H21F3O2. The predicted molar refractivity (Wildman–Crippen MR) is 76.9 cm³/mol. The van der Waals surface area contributed by atoms with Gasteiger partial charge in [0.1, 0.15) is 0 Å². The molecule has 0 N–H and O–H groups in total. The van der Waals surface area contributed by atoms with Gasteiger partial charge in [-0.3, -0.25) is 4.79 Å². The molecule has 0 bridgehead atoms. The summed E-state index contributed by atoms with van der Waals surface area (Å²) in [6.45, 7) is 2.17. The van der Waals surface area contributed by atoms with E-state index in [1.807, 2.05) is 0 Å². The van der Waals surface area contributed by atoms with Crippen molar-refractivity contribution in [2.45, 2.75) is 51.4 Å². The molecule has 0 saturated heterocycles. The fourth-order valence-electron chi connectivity index (χ4n) is 3.17. The Kier molecular flexibility index (Phi) is 5.86. The third-order valence-corrected chi connectivity index (χ3v) is 4.41. The normalized spacial score (nSPS) is 21.6. The first-order valence-corrected chi connectivity index (χ1v) is 7.82. The summed E-state index contributed by atoms with van der Waals surface area (Å²) in [5.74, 6) is -3.44. The van der Waals surface area contributed by atoms with Crippen molar-refractivity contribution in [1.29, 1.82) is 0 Å². The van der Waals surface area contributed by atoms with Crippen molar-refractivity contribution >= 4 is 5.97 Å². The average molecular weight is 314 g/mol. The van der Waals surface area contributed by atoms with Crippen LogP contribution in [0.2, 0.25) is 0 Å². The number of hydrogen-bond donors (Lipinski definition) is 0. The molecule has 22 heavy (non-hydrogen) atoms. The third-order valence-electron chi connectivity index (χ3n) is 4.41. The van der Waals surface area contributed by atoms with Gasteiger partial charge in [-0.15, -0.1) is 0 Å². The van der Waals surface area contributed by atoms with Gasteiger partial charge >= 0.3 is 5.97 Å². The van der Waals surface area contributed by atoms with Gasteiger partial charge < -0.3 is 4.74 Å². The lowest BCUT2D eigenvalue weighted by Gasteiger charge is -2.29. The topological polar surface area (TPSA) is 26.3 Å². The van der Waals surface area contributed by atoms with E-state index in [0.717, 1.165) is 38.2 Å². The molecule has 2 nitrogen and oxygen atoms in total. The molecule has 2 rings (SSSR count).